The fraction of sp³-hybridized carbons (Fsp3) is 0.538. The first kappa shape index (κ1) is 11.9. The minimum atomic E-state index is -0.0139. The predicted octanol–water partition coefficient (Wildman–Crippen LogP) is 0.414. The van der Waals surface area contributed by atoms with E-state index in [1.807, 2.05) is 0 Å². The first-order valence-corrected chi connectivity index (χ1v) is 6.06. The lowest BCUT2D eigenvalue weighted by Gasteiger charge is -2.17. The third-order valence-corrected chi connectivity index (χ3v) is 3.15. The molecule has 1 aromatic rings. The Morgan fingerprint density at radius 3 is 2.88 bits per heavy atom. The maximum atomic E-state index is 11.6. The van der Waals surface area contributed by atoms with Gasteiger partial charge >= 0.3 is 0 Å². The van der Waals surface area contributed by atoms with Crippen LogP contribution in [0.25, 0.3) is 0 Å². The molecule has 0 spiro atoms. The van der Waals surface area contributed by atoms with Crippen molar-refractivity contribution in [2.45, 2.75) is 32.1 Å². The summed E-state index contributed by atoms with van der Waals surface area (Å²) < 4.78 is 0. The van der Waals surface area contributed by atoms with Gasteiger partial charge in [0.15, 0.2) is 0 Å². The monoisotopic (exact) mass is 231 g/mol. The molecular weight excluding hydrogens is 214 g/mol. The summed E-state index contributed by atoms with van der Waals surface area (Å²) >= 11 is 0. The summed E-state index contributed by atoms with van der Waals surface area (Å²) in [7, 11) is 0. The van der Waals surface area contributed by atoms with Crippen LogP contribution in [0.5, 0.6) is 0 Å². The molecule has 1 heterocycles. The Bertz CT molecular complexity index is 484. The molecule has 1 aliphatic carbocycles. The minimum absolute atomic E-state index is 0.0139. The third-order valence-electron chi connectivity index (χ3n) is 3.15. The van der Waals surface area contributed by atoms with Crippen LogP contribution < -0.4 is 10.9 Å². The molecule has 0 saturated carbocycles. The number of H-pyrrole nitrogens is 1. The molecule has 90 valence electrons. The molecule has 0 fully saturated rings. The van der Waals surface area contributed by atoms with Crippen LogP contribution >= 0.6 is 0 Å². The van der Waals surface area contributed by atoms with Crippen molar-refractivity contribution in [3.8, 4) is 12.3 Å². The summed E-state index contributed by atoms with van der Waals surface area (Å²) in [6.07, 6.45) is 10.1. The van der Waals surface area contributed by atoms with Gasteiger partial charge < -0.3 is 5.32 Å². The molecule has 1 aliphatic rings. The zero-order valence-electron chi connectivity index (χ0n) is 9.88. The van der Waals surface area contributed by atoms with Gasteiger partial charge in [-0.1, -0.05) is 5.92 Å². The molecule has 4 nitrogen and oxygen atoms in total. The first-order chi connectivity index (χ1) is 8.33. The molecule has 0 aromatic carbocycles. The van der Waals surface area contributed by atoms with Crippen LogP contribution in [0.2, 0.25) is 0 Å². The Morgan fingerprint density at radius 2 is 2.12 bits per heavy atom. The van der Waals surface area contributed by atoms with Gasteiger partial charge in [-0.3, -0.25) is 4.79 Å². The van der Waals surface area contributed by atoms with E-state index in [9.17, 15) is 4.79 Å². The Morgan fingerprint density at radius 1 is 1.35 bits per heavy atom. The van der Waals surface area contributed by atoms with Gasteiger partial charge in [-0.2, -0.15) is 5.10 Å². The van der Waals surface area contributed by atoms with Crippen LogP contribution in [0.1, 0.15) is 29.7 Å². The van der Waals surface area contributed by atoms with Crippen molar-refractivity contribution in [2.24, 2.45) is 0 Å². The third kappa shape index (κ3) is 2.75. The quantitative estimate of drug-likeness (QED) is 0.583. The smallest absolute Gasteiger partial charge is 0.267 e. The van der Waals surface area contributed by atoms with E-state index in [4.69, 9.17) is 6.42 Å². The van der Waals surface area contributed by atoms with E-state index in [0.29, 0.717) is 6.54 Å². The average Bonchev–Trinajstić information content (AvgIpc) is 2.37. The number of nitrogens with one attached hydrogen (secondary N) is 2. The van der Waals surface area contributed by atoms with Crippen molar-refractivity contribution in [2.75, 3.05) is 13.1 Å². The molecule has 0 radical (unpaired) electrons. The molecule has 0 unspecified atom stereocenters. The molecule has 0 amide bonds. The van der Waals surface area contributed by atoms with Crippen molar-refractivity contribution in [1.29, 1.82) is 0 Å². The normalized spacial score (nSPS) is 14.1. The SMILES string of the molecule is C#CCNCCc1n[nH]c(=O)c2c1CCCC2. The number of nitrogens with zero attached hydrogens (tertiary/aromatic N) is 1. The summed E-state index contributed by atoms with van der Waals surface area (Å²) in [6, 6.07) is 0. The van der Waals surface area contributed by atoms with Crippen molar-refractivity contribution >= 4 is 0 Å². The van der Waals surface area contributed by atoms with Gasteiger partial charge in [0.2, 0.25) is 0 Å². The second kappa shape index (κ2) is 5.65. The lowest BCUT2D eigenvalue weighted by atomic mass is 9.91. The fourth-order valence-electron chi connectivity index (χ4n) is 2.30. The number of fused-ring (bicyclic) bond motifs is 1. The van der Waals surface area contributed by atoms with E-state index in [1.54, 1.807) is 0 Å². The summed E-state index contributed by atoms with van der Waals surface area (Å²) in [4.78, 5) is 11.6. The van der Waals surface area contributed by atoms with Crippen LogP contribution in [0, 0.1) is 12.3 Å². The second-order valence-corrected chi connectivity index (χ2v) is 4.29. The average molecular weight is 231 g/mol. The maximum absolute atomic E-state index is 11.6. The predicted molar refractivity (Wildman–Crippen MR) is 66.9 cm³/mol. The van der Waals surface area contributed by atoms with Crippen molar-refractivity contribution < 1.29 is 0 Å². The number of hydrogen-bond donors (Lipinski definition) is 2. The lowest BCUT2D eigenvalue weighted by molar-refractivity contribution is 0.641. The van der Waals surface area contributed by atoms with Crippen molar-refractivity contribution in [3.63, 3.8) is 0 Å². The van der Waals surface area contributed by atoms with Crippen LogP contribution in [0.15, 0.2) is 4.79 Å². The number of hydrogen-bond acceptors (Lipinski definition) is 3. The molecule has 0 bridgehead atoms. The van der Waals surface area contributed by atoms with Crippen LogP contribution in [-0.4, -0.2) is 23.3 Å². The van der Waals surface area contributed by atoms with Crippen LogP contribution in [-0.2, 0) is 19.3 Å². The molecule has 0 atom stereocenters. The molecule has 2 rings (SSSR count). The van der Waals surface area contributed by atoms with Crippen LogP contribution in [0.3, 0.4) is 0 Å². The largest absolute Gasteiger partial charge is 0.306 e. The van der Waals surface area contributed by atoms with E-state index in [-0.39, 0.29) is 5.56 Å². The maximum Gasteiger partial charge on any atom is 0.267 e. The summed E-state index contributed by atoms with van der Waals surface area (Å²) in [5.74, 6) is 2.54. The Labute approximate surface area is 101 Å². The molecule has 0 saturated heterocycles. The number of aromatic nitrogens is 2. The molecule has 1 aromatic heterocycles. The van der Waals surface area contributed by atoms with E-state index in [1.165, 1.54) is 5.56 Å². The van der Waals surface area contributed by atoms with E-state index >= 15 is 0 Å². The van der Waals surface area contributed by atoms with E-state index < -0.39 is 0 Å². The van der Waals surface area contributed by atoms with E-state index in [2.05, 4.69) is 21.4 Å². The first-order valence-electron chi connectivity index (χ1n) is 6.06. The highest BCUT2D eigenvalue weighted by atomic mass is 16.1. The summed E-state index contributed by atoms with van der Waals surface area (Å²) in [5.41, 5.74) is 3.12. The topological polar surface area (TPSA) is 57.8 Å². The lowest BCUT2D eigenvalue weighted by Crippen LogP contribution is -2.25. The zero-order chi connectivity index (χ0) is 12.1. The standard InChI is InChI=1S/C13H17N3O/c1-2-8-14-9-7-12-10-5-3-4-6-11(10)13(17)16-15-12/h1,14H,3-9H2,(H,16,17). The van der Waals surface area contributed by atoms with Gasteiger partial charge in [0.1, 0.15) is 0 Å². The highest BCUT2D eigenvalue weighted by Gasteiger charge is 2.17. The van der Waals surface area contributed by atoms with Crippen LogP contribution in [0.4, 0.5) is 0 Å². The number of terminal acetylenes is 1. The fourth-order valence-corrected chi connectivity index (χ4v) is 2.30. The second-order valence-electron chi connectivity index (χ2n) is 4.29. The van der Waals surface area contributed by atoms with Gasteiger partial charge in [0, 0.05) is 18.5 Å². The summed E-state index contributed by atoms with van der Waals surface area (Å²) in [6.45, 7) is 1.38. The minimum Gasteiger partial charge on any atom is -0.306 e. The molecule has 17 heavy (non-hydrogen) atoms. The highest BCUT2D eigenvalue weighted by Crippen LogP contribution is 2.19. The van der Waals surface area contributed by atoms with E-state index in [0.717, 1.165) is 49.9 Å². The molecule has 4 heteroatoms. The Hall–Kier alpha value is -1.60. The van der Waals surface area contributed by atoms with Crippen molar-refractivity contribution in [3.05, 3.63) is 27.2 Å². The number of aromatic amines is 1. The summed E-state index contributed by atoms with van der Waals surface area (Å²) in [5, 5.41) is 9.89. The Balaban J connectivity index is 2.12. The van der Waals surface area contributed by atoms with Gasteiger partial charge in [0.25, 0.3) is 5.56 Å². The molecular formula is C13H17N3O. The molecule has 0 aliphatic heterocycles. The van der Waals surface area contributed by atoms with Crippen molar-refractivity contribution in [1.82, 2.24) is 15.5 Å². The zero-order valence-corrected chi connectivity index (χ0v) is 9.88. The highest BCUT2D eigenvalue weighted by molar-refractivity contribution is 5.30. The Kier molecular flexibility index (Phi) is 3.94. The van der Waals surface area contributed by atoms with Gasteiger partial charge in [-0.15, -0.1) is 6.42 Å². The van der Waals surface area contributed by atoms with Gasteiger partial charge in [-0.25, -0.2) is 5.10 Å². The van der Waals surface area contributed by atoms with Gasteiger partial charge in [-0.05, 0) is 31.2 Å². The molecule has 2 N–H and O–H groups in total. The van der Waals surface area contributed by atoms with Gasteiger partial charge in [0.05, 0.1) is 12.2 Å². The number of rotatable bonds is 4.